The van der Waals surface area contributed by atoms with E-state index in [0.717, 1.165) is 16.5 Å². The molecule has 0 spiro atoms. The van der Waals surface area contributed by atoms with Gasteiger partial charge >= 0.3 is 0 Å². The van der Waals surface area contributed by atoms with Crippen molar-refractivity contribution < 1.29 is 18.7 Å². The summed E-state index contributed by atoms with van der Waals surface area (Å²) in [6.07, 6.45) is 6.67. The van der Waals surface area contributed by atoms with Crippen LogP contribution >= 0.6 is 0 Å². The van der Waals surface area contributed by atoms with Crippen molar-refractivity contribution in [2.45, 2.75) is 19.1 Å². The van der Waals surface area contributed by atoms with Crippen LogP contribution in [0.15, 0.2) is 24.4 Å². The molecule has 2 rings (SSSR count). The molecule has 120 valence electrons. The smallest absolute Gasteiger partial charge is 0.292 e. The summed E-state index contributed by atoms with van der Waals surface area (Å²) in [5, 5.41) is 0.741. The molecule has 0 radical (unpaired) electrons. The third kappa shape index (κ3) is 3.25. The van der Waals surface area contributed by atoms with Crippen LogP contribution in [0.5, 0.6) is 5.75 Å². The topological polar surface area (TPSA) is 74.4 Å². The van der Waals surface area contributed by atoms with Crippen LogP contribution in [0.4, 0.5) is 4.39 Å². The Balaban J connectivity index is 2.50. The number of primary amides is 1. The van der Waals surface area contributed by atoms with Crippen molar-refractivity contribution in [3.8, 4) is 18.1 Å². The molecule has 6 heteroatoms. The Labute approximate surface area is 133 Å². The zero-order chi connectivity index (χ0) is 17.0. The van der Waals surface area contributed by atoms with E-state index in [-0.39, 0.29) is 6.42 Å². The third-order valence-corrected chi connectivity index (χ3v) is 3.53. The molecule has 1 atom stereocenters. The first-order valence-electron chi connectivity index (χ1n) is 6.93. The second kappa shape index (κ2) is 6.63. The molecular weight excluding hydrogens is 299 g/mol. The van der Waals surface area contributed by atoms with E-state index in [1.54, 1.807) is 24.4 Å². The maximum absolute atomic E-state index is 12.8. The van der Waals surface area contributed by atoms with Gasteiger partial charge in [0.05, 0.1) is 18.6 Å². The number of amides is 1. The zero-order valence-electron chi connectivity index (χ0n) is 12.9. The molecule has 5 nitrogen and oxygen atoms in total. The average Bonchev–Trinajstić information content (AvgIpc) is 2.53. The molecule has 1 amide bonds. The number of carbonyl (C=O) groups is 1. The van der Waals surface area contributed by atoms with Crippen LogP contribution < -0.4 is 10.5 Å². The van der Waals surface area contributed by atoms with Crippen molar-refractivity contribution >= 4 is 16.8 Å². The molecule has 0 saturated carbocycles. The van der Waals surface area contributed by atoms with Gasteiger partial charge in [0.1, 0.15) is 5.75 Å². The van der Waals surface area contributed by atoms with Crippen molar-refractivity contribution in [3.05, 3.63) is 35.5 Å². The van der Waals surface area contributed by atoms with Gasteiger partial charge < -0.3 is 15.2 Å². The van der Waals surface area contributed by atoms with E-state index in [0.29, 0.717) is 11.3 Å². The molecule has 1 heterocycles. The van der Waals surface area contributed by atoms with Crippen LogP contribution in [0.25, 0.3) is 10.9 Å². The molecule has 0 saturated heterocycles. The second-order valence-corrected chi connectivity index (χ2v) is 5.04. The predicted octanol–water partition coefficient (Wildman–Crippen LogP) is 2.09. The molecular formula is C17H17FN2O3. The summed E-state index contributed by atoms with van der Waals surface area (Å²) < 4.78 is 23.4. The van der Waals surface area contributed by atoms with E-state index in [4.69, 9.17) is 21.6 Å². The van der Waals surface area contributed by atoms with Crippen LogP contribution in [0, 0.1) is 19.3 Å². The minimum atomic E-state index is -1.86. The SMILES string of the molecule is C#Cc1cnc2c(C)cc(OC(CCF)(OC)C(N)=O)cc2c1. The quantitative estimate of drug-likeness (QED) is 0.654. The number of halogens is 1. The largest absolute Gasteiger partial charge is 0.453 e. The molecule has 0 aliphatic heterocycles. The monoisotopic (exact) mass is 316 g/mol. The number of fused-ring (bicyclic) bond motifs is 1. The van der Waals surface area contributed by atoms with Gasteiger partial charge in [0.15, 0.2) is 0 Å². The van der Waals surface area contributed by atoms with Gasteiger partial charge in [-0.15, -0.1) is 6.42 Å². The number of aromatic nitrogens is 1. The highest BCUT2D eigenvalue weighted by molar-refractivity contribution is 5.85. The molecule has 1 unspecified atom stereocenters. The van der Waals surface area contributed by atoms with Gasteiger partial charge in [-0.25, -0.2) is 0 Å². The number of methoxy groups -OCH3 is 1. The van der Waals surface area contributed by atoms with Gasteiger partial charge in [-0.2, -0.15) is 0 Å². The first-order chi connectivity index (χ1) is 11.0. The number of alkyl halides is 1. The Bertz CT molecular complexity index is 785. The fourth-order valence-electron chi connectivity index (χ4n) is 2.32. The van der Waals surface area contributed by atoms with Gasteiger partial charge in [-0.05, 0) is 30.7 Å². The van der Waals surface area contributed by atoms with E-state index < -0.39 is 18.4 Å². The Morgan fingerprint density at radius 3 is 2.78 bits per heavy atom. The Kier molecular flexibility index (Phi) is 4.82. The second-order valence-electron chi connectivity index (χ2n) is 5.04. The van der Waals surface area contributed by atoms with Crippen molar-refractivity contribution in [2.24, 2.45) is 5.73 Å². The maximum atomic E-state index is 12.8. The van der Waals surface area contributed by atoms with Crippen LogP contribution in [0.2, 0.25) is 0 Å². The minimum absolute atomic E-state index is 0.307. The number of nitrogens with zero attached hydrogens (tertiary/aromatic N) is 1. The molecule has 0 fully saturated rings. The summed E-state index contributed by atoms with van der Waals surface area (Å²) in [6.45, 7) is 1.03. The average molecular weight is 316 g/mol. The fraction of sp³-hybridized carbons (Fsp3) is 0.294. The number of carbonyl (C=O) groups excluding carboxylic acids is 1. The molecule has 0 aliphatic rings. The zero-order valence-corrected chi connectivity index (χ0v) is 12.9. The molecule has 1 aromatic heterocycles. The lowest BCUT2D eigenvalue weighted by Crippen LogP contribution is -2.51. The first kappa shape index (κ1) is 16.7. The predicted molar refractivity (Wildman–Crippen MR) is 84.6 cm³/mol. The maximum Gasteiger partial charge on any atom is 0.292 e. The number of hydrogen-bond donors (Lipinski definition) is 1. The standard InChI is InChI=1S/C17H17FN2O3/c1-4-12-8-13-9-14(7-11(2)15(13)20-10-12)23-17(22-3,5-6-18)16(19)21/h1,7-10H,5-6H2,2-3H3,(H2,19,21). The lowest BCUT2D eigenvalue weighted by Gasteiger charge is -2.29. The van der Waals surface area contributed by atoms with Crippen LogP contribution in [-0.2, 0) is 9.53 Å². The van der Waals surface area contributed by atoms with Gasteiger partial charge in [-0.3, -0.25) is 14.2 Å². The number of terminal acetylenes is 1. The van der Waals surface area contributed by atoms with E-state index >= 15 is 0 Å². The number of aryl methyl sites for hydroxylation is 1. The highest BCUT2D eigenvalue weighted by Gasteiger charge is 2.39. The summed E-state index contributed by atoms with van der Waals surface area (Å²) in [5.41, 5.74) is 7.50. The third-order valence-electron chi connectivity index (χ3n) is 3.53. The van der Waals surface area contributed by atoms with Crippen LogP contribution in [0.1, 0.15) is 17.5 Å². The molecule has 0 aliphatic carbocycles. The molecule has 1 aromatic carbocycles. The Morgan fingerprint density at radius 1 is 1.48 bits per heavy atom. The highest BCUT2D eigenvalue weighted by Crippen LogP contribution is 2.28. The van der Waals surface area contributed by atoms with Crippen molar-refractivity contribution in [3.63, 3.8) is 0 Å². The summed E-state index contributed by atoms with van der Waals surface area (Å²) in [4.78, 5) is 16.0. The first-order valence-corrected chi connectivity index (χ1v) is 6.93. The summed E-state index contributed by atoms with van der Waals surface area (Å²) >= 11 is 0. The number of benzene rings is 1. The van der Waals surface area contributed by atoms with E-state index in [2.05, 4.69) is 10.9 Å². The lowest BCUT2D eigenvalue weighted by molar-refractivity contribution is -0.185. The summed E-state index contributed by atoms with van der Waals surface area (Å²) in [5.74, 6) is 0.0713. The Hall–Kier alpha value is -2.65. The number of rotatable bonds is 6. The summed E-state index contributed by atoms with van der Waals surface area (Å²) in [7, 11) is 1.24. The molecule has 2 N–H and O–H groups in total. The van der Waals surface area contributed by atoms with E-state index in [1.165, 1.54) is 7.11 Å². The lowest BCUT2D eigenvalue weighted by atomic mass is 10.1. The normalized spacial score (nSPS) is 13.3. The number of nitrogens with two attached hydrogens (primary N) is 1. The molecule has 2 aromatic rings. The van der Waals surface area contributed by atoms with Gasteiger partial charge in [0.2, 0.25) is 0 Å². The molecule has 0 bridgehead atoms. The Morgan fingerprint density at radius 2 is 2.22 bits per heavy atom. The van der Waals surface area contributed by atoms with Gasteiger partial charge in [0.25, 0.3) is 11.7 Å². The number of hydrogen-bond acceptors (Lipinski definition) is 4. The van der Waals surface area contributed by atoms with Crippen LogP contribution in [-0.4, -0.2) is 30.5 Å². The van der Waals surface area contributed by atoms with Gasteiger partial charge in [-0.1, -0.05) is 5.92 Å². The number of pyridine rings is 1. The molecule has 23 heavy (non-hydrogen) atoms. The van der Waals surface area contributed by atoms with Crippen molar-refractivity contribution in [1.82, 2.24) is 4.98 Å². The number of ether oxygens (including phenoxy) is 2. The summed E-state index contributed by atoms with van der Waals surface area (Å²) in [6, 6.07) is 5.11. The van der Waals surface area contributed by atoms with Crippen molar-refractivity contribution in [1.29, 1.82) is 0 Å². The van der Waals surface area contributed by atoms with Gasteiger partial charge in [0, 0.05) is 24.3 Å². The van der Waals surface area contributed by atoms with E-state index in [9.17, 15) is 9.18 Å². The highest BCUT2D eigenvalue weighted by atomic mass is 19.1. The van der Waals surface area contributed by atoms with E-state index in [1.807, 2.05) is 6.92 Å². The fourth-order valence-corrected chi connectivity index (χ4v) is 2.32. The van der Waals surface area contributed by atoms with Crippen molar-refractivity contribution in [2.75, 3.05) is 13.8 Å². The minimum Gasteiger partial charge on any atom is -0.453 e. The van der Waals surface area contributed by atoms with Crippen LogP contribution in [0.3, 0.4) is 0 Å².